The molecule has 1 aromatic carbocycles. The van der Waals surface area contributed by atoms with Crippen molar-refractivity contribution >= 4 is 11.6 Å². The van der Waals surface area contributed by atoms with E-state index in [1.54, 1.807) is 0 Å². The summed E-state index contributed by atoms with van der Waals surface area (Å²) in [4.78, 5) is 0. The van der Waals surface area contributed by atoms with E-state index in [4.69, 9.17) is 16.3 Å². The Kier molecular flexibility index (Phi) is 3.03. The van der Waals surface area contributed by atoms with Crippen molar-refractivity contribution < 1.29 is 4.74 Å². The molecule has 18 heavy (non-hydrogen) atoms. The molecule has 1 aromatic rings. The average Bonchev–Trinajstić information content (AvgIpc) is 2.65. The topological polar surface area (TPSA) is 21.3 Å². The molecule has 2 heterocycles. The molecule has 3 heteroatoms. The molecule has 0 aromatic heterocycles. The highest BCUT2D eigenvalue weighted by molar-refractivity contribution is 6.32. The molecule has 1 saturated heterocycles. The number of rotatable bonds is 1. The van der Waals surface area contributed by atoms with Gasteiger partial charge in [0.25, 0.3) is 0 Å². The molecule has 0 unspecified atom stereocenters. The molecular weight excluding hydrogens is 246 g/mol. The van der Waals surface area contributed by atoms with Crippen molar-refractivity contribution in [1.29, 1.82) is 0 Å². The molecule has 0 aliphatic carbocycles. The van der Waals surface area contributed by atoms with Gasteiger partial charge in [-0.25, -0.2) is 0 Å². The number of nitrogens with one attached hydrogen (secondary N) is 1. The van der Waals surface area contributed by atoms with Gasteiger partial charge in [0.15, 0.2) is 0 Å². The molecule has 2 aliphatic rings. The Hall–Kier alpha value is -0.730. The van der Waals surface area contributed by atoms with Crippen LogP contribution >= 0.6 is 11.6 Å². The van der Waals surface area contributed by atoms with Crippen LogP contribution in [0.5, 0.6) is 5.75 Å². The first kappa shape index (κ1) is 12.3. The van der Waals surface area contributed by atoms with Gasteiger partial charge in [0, 0.05) is 6.42 Å². The zero-order valence-electron chi connectivity index (χ0n) is 11.1. The number of fused-ring (bicyclic) bond motifs is 1. The minimum atomic E-state index is -0.112. The number of hydrogen-bond donors (Lipinski definition) is 1. The summed E-state index contributed by atoms with van der Waals surface area (Å²) < 4.78 is 5.92. The molecule has 3 rings (SSSR count). The van der Waals surface area contributed by atoms with Crippen LogP contribution in [0.4, 0.5) is 0 Å². The van der Waals surface area contributed by atoms with E-state index in [2.05, 4.69) is 31.3 Å². The quantitative estimate of drug-likeness (QED) is 0.839. The number of benzene rings is 1. The molecule has 0 amide bonds. The zero-order valence-corrected chi connectivity index (χ0v) is 11.8. The smallest absolute Gasteiger partial charge is 0.142 e. The highest BCUT2D eigenvalue weighted by Crippen LogP contribution is 2.42. The monoisotopic (exact) mass is 265 g/mol. The third-order valence-corrected chi connectivity index (χ3v) is 4.23. The Labute approximate surface area is 114 Å². The molecule has 2 aliphatic heterocycles. The van der Waals surface area contributed by atoms with E-state index >= 15 is 0 Å². The summed E-state index contributed by atoms with van der Waals surface area (Å²) in [5.41, 5.74) is 2.56. The van der Waals surface area contributed by atoms with Crippen LogP contribution in [0.15, 0.2) is 12.1 Å². The Bertz CT molecular complexity index is 464. The largest absolute Gasteiger partial charge is 0.486 e. The first-order valence-corrected chi connectivity index (χ1v) is 7.15. The lowest BCUT2D eigenvalue weighted by Crippen LogP contribution is -2.26. The van der Waals surface area contributed by atoms with Gasteiger partial charge in [-0.15, -0.1) is 0 Å². The second-order valence-corrected chi connectivity index (χ2v) is 6.46. The molecule has 1 N–H and O–H groups in total. The molecule has 2 nitrogen and oxygen atoms in total. The minimum Gasteiger partial charge on any atom is -0.486 e. The first-order valence-electron chi connectivity index (χ1n) is 6.77. The predicted octanol–water partition coefficient (Wildman–Crippen LogP) is 3.52. The molecule has 0 spiro atoms. The summed E-state index contributed by atoms with van der Waals surface area (Å²) in [6, 6.07) is 4.42. The predicted molar refractivity (Wildman–Crippen MR) is 74.7 cm³/mol. The van der Waals surface area contributed by atoms with Gasteiger partial charge < -0.3 is 10.1 Å². The van der Waals surface area contributed by atoms with Crippen LogP contribution in [0.25, 0.3) is 0 Å². The van der Waals surface area contributed by atoms with Crippen LogP contribution in [0.2, 0.25) is 5.02 Å². The third-order valence-electron chi connectivity index (χ3n) is 3.95. The van der Waals surface area contributed by atoms with Crippen molar-refractivity contribution in [2.24, 2.45) is 0 Å². The Morgan fingerprint density at radius 2 is 2.00 bits per heavy atom. The van der Waals surface area contributed by atoms with E-state index in [1.165, 1.54) is 24.0 Å². The lowest BCUT2D eigenvalue weighted by molar-refractivity contribution is 0.138. The fourth-order valence-electron chi connectivity index (χ4n) is 3.08. The number of hydrogen-bond acceptors (Lipinski definition) is 2. The number of piperidine rings is 1. The maximum atomic E-state index is 6.38. The SMILES string of the molecule is CC1(C)Cc2cc(C3CCNCC3)cc(Cl)c2O1. The second-order valence-electron chi connectivity index (χ2n) is 6.05. The van der Waals surface area contributed by atoms with Gasteiger partial charge >= 0.3 is 0 Å². The standard InChI is InChI=1S/C15H20ClNO/c1-15(2)9-12-7-11(8-13(16)14(12)18-15)10-3-5-17-6-4-10/h7-8,10,17H,3-6,9H2,1-2H3. The van der Waals surface area contributed by atoms with Gasteiger partial charge in [-0.2, -0.15) is 0 Å². The van der Waals surface area contributed by atoms with Gasteiger partial charge in [0.1, 0.15) is 11.4 Å². The van der Waals surface area contributed by atoms with E-state index in [1.807, 2.05) is 0 Å². The fourth-order valence-corrected chi connectivity index (χ4v) is 3.37. The summed E-state index contributed by atoms with van der Waals surface area (Å²) >= 11 is 6.38. The summed E-state index contributed by atoms with van der Waals surface area (Å²) in [6.45, 7) is 6.46. The zero-order chi connectivity index (χ0) is 12.8. The second kappa shape index (κ2) is 4.43. The average molecular weight is 266 g/mol. The van der Waals surface area contributed by atoms with Crippen LogP contribution in [0.1, 0.15) is 43.7 Å². The Morgan fingerprint density at radius 1 is 1.28 bits per heavy atom. The highest BCUT2D eigenvalue weighted by Gasteiger charge is 2.32. The maximum Gasteiger partial charge on any atom is 0.142 e. The van der Waals surface area contributed by atoms with Crippen molar-refractivity contribution in [3.63, 3.8) is 0 Å². The number of halogens is 1. The van der Waals surface area contributed by atoms with E-state index in [0.29, 0.717) is 5.92 Å². The van der Waals surface area contributed by atoms with E-state index in [9.17, 15) is 0 Å². The van der Waals surface area contributed by atoms with Crippen LogP contribution in [0, 0.1) is 0 Å². The lowest BCUT2D eigenvalue weighted by Gasteiger charge is -2.23. The van der Waals surface area contributed by atoms with Gasteiger partial charge in [0.2, 0.25) is 0 Å². The van der Waals surface area contributed by atoms with Crippen LogP contribution in [0.3, 0.4) is 0 Å². The van der Waals surface area contributed by atoms with Crippen molar-refractivity contribution in [3.05, 3.63) is 28.3 Å². The normalized spacial score (nSPS) is 22.6. The van der Waals surface area contributed by atoms with Gasteiger partial charge in [-0.3, -0.25) is 0 Å². The van der Waals surface area contributed by atoms with Gasteiger partial charge in [-0.05, 0) is 62.9 Å². The van der Waals surface area contributed by atoms with E-state index in [-0.39, 0.29) is 5.60 Å². The summed E-state index contributed by atoms with van der Waals surface area (Å²) in [5, 5.41) is 4.19. The maximum absolute atomic E-state index is 6.38. The lowest BCUT2D eigenvalue weighted by atomic mass is 9.88. The van der Waals surface area contributed by atoms with Crippen molar-refractivity contribution in [3.8, 4) is 5.75 Å². The minimum absolute atomic E-state index is 0.112. The van der Waals surface area contributed by atoms with Crippen molar-refractivity contribution in [1.82, 2.24) is 5.32 Å². The number of ether oxygens (including phenoxy) is 1. The fraction of sp³-hybridized carbons (Fsp3) is 0.600. The molecule has 1 fully saturated rings. The molecule has 0 saturated carbocycles. The summed E-state index contributed by atoms with van der Waals surface area (Å²) in [7, 11) is 0. The molecular formula is C15H20ClNO. The Balaban J connectivity index is 1.93. The van der Waals surface area contributed by atoms with Gasteiger partial charge in [-0.1, -0.05) is 17.7 Å². The molecule has 98 valence electrons. The molecule has 0 bridgehead atoms. The first-order chi connectivity index (χ1) is 8.55. The van der Waals surface area contributed by atoms with Crippen LogP contribution in [-0.2, 0) is 6.42 Å². The third kappa shape index (κ3) is 2.24. The van der Waals surface area contributed by atoms with Crippen LogP contribution < -0.4 is 10.1 Å². The highest BCUT2D eigenvalue weighted by atomic mass is 35.5. The van der Waals surface area contributed by atoms with E-state index < -0.39 is 0 Å². The molecule has 0 radical (unpaired) electrons. The summed E-state index contributed by atoms with van der Waals surface area (Å²) in [6.07, 6.45) is 3.37. The van der Waals surface area contributed by atoms with Crippen molar-refractivity contribution in [2.75, 3.05) is 13.1 Å². The van der Waals surface area contributed by atoms with Crippen LogP contribution in [-0.4, -0.2) is 18.7 Å². The summed E-state index contributed by atoms with van der Waals surface area (Å²) in [5.74, 6) is 1.55. The molecule has 0 atom stereocenters. The van der Waals surface area contributed by atoms with Crippen molar-refractivity contribution in [2.45, 2.75) is 44.6 Å². The van der Waals surface area contributed by atoms with Gasteiger partial charge in [0.05, 0.1) is 5.02 Å². The Morgan fingerprint density at radius 3 is 2.72 bits per heavy atom. The van der Waals surface area contributed by atoms with E-state index in [0.717, 1.165) is 30.3 Å².